The van der Waals surface area contributed by atoms with Crippen LogP contribution in [0.1, 0.15) is 30.2 Å². The molecular weight excluding hydrogens is 397 g/mol. The molecule has 160 valence electrons. The van der Waals surface area contributed by atoms with Crippen molar-refractivity contribution in [3.05, 3.63) is 60.3 Å². The van der Waals surface area contributed by atoms with Gasteiger partial charge in [0.25, 0.3) is 5.91 Å². The van der Waals surface area contributed by atoms with Crippen molar-refractivity contribution < 1.29 is 13.9 Å². The molecule has 1 spiro atoms. The molecule has 2 fully saturated rings. The highest BCUT2D eigenvalue weighted by molar-refractivity contribution is 6.08. The summed E-state index contributed by atoms with van der Waals surface area (Å²) >= 11 is 0. The van der Waals surface area contributed by atoms with E-state index < -0.39 is 0 Å². The first-order valence-corrected chi connectivity index (χ1v) is 10.4. The number of carbonyl (C=O) groups excluding carboxylic acids is 1. The van der Waals surface area contributed by atoms with E-state index >= 15 is 0 Å². The molecule has 1 aromatic carbocycles. The molecular formula is C23H24FN5O2. The van der Waals surface area contributed by atoms with E-state index in [1.54, 1.807) is 47.5 Å². The second-order valence-electron chi connectivity index (χ2n) is 8.64. The van der Waals surface area contributed by atoms with E-state index in [-0.39, 0.29) is 23.2 Å². The van der Waals surface area contributed by atoms with Crippen LogP contribution in [0.15, 0.2) is 48.9 Å². The van der Waals surface area contributed by atoms with Gasteiger partial charge in [-0.05, 0) is 26.0 Å². The largest absolute Gasteiger partial charge is 0.380 e. The van der Waals surface area contributed by atoms with Crippen LogP contribution in [0.2, 0.25) is 0 Å². The number of nitrogens with zero attached hydrogens (tertiary/aromatic N) is 4. The van der Waals surface area contributed by atoms with Crippen molar-refractivity contribution >= 4 is 17.4 Å². The maximum atomic E-state index is 14.6. The van der Waals surface area contributed by atoms with Crippen LogP contribution in [0.3, 0.4) is 0 Å². The molecule has 7 nitrogen and oxygen atoms in total. The standard InChI is InChI=1S/C23H24FN5O2/c1-15(2)29-10-16(9-26-29)22(30)27-20-18(17-5-3-4-6-19(17)24)7-8-25-21(20)28-11-23(12-28)13-31-14-23/h3-10,15H,11-14H2,1-2H3,(H,27,30). The van der Waals surface area contributed by atoms with Crippen molar-refractivity contribution in [1.29, 1.82) is 0 Å². The predicted molar refractivity (Wildman–Crippen MR) is 116 cm³/mol. The molecule has 31 heavy (non-hydrogen) atoms. The number of carbonyl (C=O) groups is 1. The van der Waals surface area contributed by atoms with Gasteiger partial charge in [0.05, 0.1) is 36.1 Å². The van der Waals surface area contributed by atoms with Gasteiger partial charge >= 0.3 is 0 Å². The Bertz CT molecular complexity index is 1130. The van der Waals surface area contributed by atoms with Gasteiger partial charge in [-0.25, -0.2) is 9.37 Å². The number of benzene rings is 1. The Morgan fingerprint density at radius 1 is 1.19 bits per heavy atom. The first-order valence-electron chi connectivity index (χ1n) is 10.4. The summed E-state index contributed by atoms with van der Waals surface area (Å²) < 4.78 is 21.7. The van der Waals surface area contributed by atoms with Gasteiger partial charge in [0, 0.05) is 42.7 Å². The van der Waals surface area contributed by atoms with Gasteiger partial charge in [0.1, 0.15) is 5.82 Å². The summed E-state index contributed by atoms with van der Waals surface area (Å²) in [5.74, 6) is -0.0147. The summed E-state index contributed by atoms with van der Waals surface area (Å²) in [5, 5.41) is 7.24. The lowest BCUT2D eigenvalue weighted by molar-refractivity contribution is -0.127. The van der Waals surface area contributed by atoms with Gasteiger partial charge in [-0.15, -0.1) is 0 Å². The van der Waals surface area contributed by atoms with Crippen molar-refractivity contribution in [1.82, 2.24) is 14.8 Å². The Morgan fingerprint density at radius 2 is 1.97 bits per heavy atom. The van der Waals surface area contributed by atoms with E-state index in [0.29, 0.717) is 28.2 Å². The summed E-state index contributed by atoms with van der Waals surface area (Å²) in [7, 11) is 0. The number of aromatic nitrogens is 3. The molecule has 0 radical (unpaired) electrons. The van der Waals surface area contributed by atoms with E-state index in [9.17, 15) is 9.18 Å². The second kappa shape index (κ2) is 7.46. The summed E-state index contributed by atoms with van der Waals surface area (Å²) in [5.41, 5.74) is 2.13. The number of ether oxygens (including phenoxy) is 1. The zero-order chi connectivity index (χ0) is 21.6. The molecule has 3 aromatic rings. The molecule has 8 heteroatoms. The van der Waals surface area contributed by atoms with Crippen molar-refractivity contribution in [2.45, 2.75) is 19.9 Å². The maximum Gasteiger partial charge on any atom is 0.258 e. The summed E-state index contributed by atoms with van der Waals surface area (Å²) in [6.07, 6.45) is 4.91. The molecule has 0 atom stereocenters. The predicted octanol–water partition coefficient (Wildman–Crippen LogP) is 3.75. The molecule has 0 saturated carbocycles. The number of amides is 1. The Hall–Kier alpha value is -3.26. The van der Waals surface area contributed by atoms with Crippen LogP contribution in [0.4, 0.5) is 15.9 Å². The highest BCUT2D eigenvalue weighted by atomic mass is 19.1. The number of halogens is 1. The van der Waals surface area contributed by atoms with Gasteiger partial charge in [-0.3, -0.25) is 9.48 Å². The van der Waals surface area contributed by atoms with Crippen LogP contribution in [-0.2, 0) is 4.74 Å². The highest BCUT2D eigenvalue weighted by Gasteiger charge is 2.50. The normalized spacial score (nSPS) is 16.8. The molecule has 5 rings (SSSR count). The quantitative estimate of drug-likeness (QED) is 0.679. The fourth-order valence-corrected chi connectivity index (χ4v) is 4.13. The van der Waals surface area contributed by atoms with Gasteiger partial charge < -0.3 is 15.0 Å². The minimum absolute atomic E-state index is 0.145. The molecule has 0 aliphatic carbocycles. The van der Waals surface area contributed by atoms with Crippen LogP contribution in [0, 0.1) is 11.2 Å². The smallest absolute Gasteiger partial charge is 0.258 e. The van der Waals surface area contributed by atoms with E-state index in [1.807, 2.05) is 13.8 Å². The zero-order valence-electron chi connectivity index (χ0n) is 17.5. The fraction of sp³-hybridized carbons (Fsp3) is 0.348. The van der Waals surface area contributed by atoms with Crippen molar-refractivity contribution in [3.63, 3.8) is 0 Å². The van der Waals surface area contributed by atoms with Crippen LogP contribution >= 0.6 is 0 Å². The monoisotopic (exact) mass is 421 g/mol. The van der Waals surface area contributed by atoms with Gasteiger partial charge in [0.15, 0.2) is 5.82 Å². The molecule has 2 aromatic heterocycles. The van der Waals surface area contributed by atoms with E-state index in [0.717, 1.165) is 26.3 Å². The Balaban J connectivity index is 1.52. The molecule has 0 unspecified atom stereocenters. The summed E-state index contributed by atoms with van der Waals surface area (Å²) in [4.78, 5) is 19.7. The van der Waals surface area contributed by atoms with Crippen molar-refractivity contribution in [3.8, 4) is 11.1 Å². The second-order valence-corrected chi connectivity index (χ2v) is 8.64. The fourth-order valence-electron chi connectivity index (χ4n) is 4.13. The number of pyridine rings is 1. The van der Waals surface area contributed by atoms with Gasteiger partial charge in [-0.1, -0.05) is 18.2 Å². The summed E-state index contributed by atoms with van der Waals surface area (Å²) in [6, 6.07) is 8.43. The van der Waals surface area contributed by atoms with Gasteiger partial charge in [-0.2, -0.15) is 5.10 Å². The molecule has 4 heterocycles. The minimum atomic E-state index is -0.352. The van der Waals surface area contributed by atoms with Gasteiger partial charge in [0.2, 0.25) is 0 Å². The molecule has 0 bridgehead atoms. The van der Waals surface area contributed by atoms with E-state index in [2.05, 4.69) is 20.3 Å². The highest BCUT2D eigenvalue weighted by Crippen LogP contribution is 2.44. The van der Waals surface area contributed by atoms with Crippen LogP contribution < -0.4 is 10.2 Å². The van der Waals surface area contributed by atoms with Crippen LogP contribution in [0.5, 0.6) is 0 Å². The zero-order valence-corrected chi connectivity index (χ0v) is 17.5. The lowest BCUT2D eigenvalue weighted by atomic mass is 9.78. The number of hydrogen-bond donors (Lipinski definition) is 1. The average molecular weight is 421 g/mol. The Labute approximate surface area is 179 Å². The topological polar surface area (TPSA) is 72.3 Å². The third kappa shape index (κ3) is 3.46. The lowest BCUT2D eigenvalue weighted by Gasteiger charge is -2.55. The summed E-state index contributed by atoms with van der Waals surface area (Å²) in [6.45, 7) is 7.07. The maximum absolute atomic E-state index is 14.6. The molecule has 2 aliphatic rings. The third-order valence-electron chi connectivity index (χ3n) is 5.89. The first-order chi connectivity index (χ1) is 15.0. The Kier molecular flexibility index (Phi) is 4.74. The first kappa shape index (κ1) is 19.7. The molecule has 1 amide bonds. The van der Waals surface area contributed by atoms with Crippen LogP contribution in [-0.4, -0.2) is 47.0 Å². The van der Waals surface area contributed by atoms with E-state index in [1.165, 1.54) is 6.07 Å². The number of hydrogen-bond acceptors (Lipinski definition) is 5. The molecule has 2 saturated heterocycles. The Morgan fingerprint density at radius 3 is 2.61 bits per heavy atom. The average Bonchev–Trinajstić information content (AvgIpc) is 3.18. The SMILES string of the molecule is CC(C)n1cc(C(=O)Nc2c(-c3ccccc3F)ccnc2N2CC3(COC3)C2)cn1. The number of rotatable bonds is 5. The molecule has 2 aliphatic heterocycles. The van der Waals surface area contributed by atoms with Crippen molar-refractivity contribution in [2.24, 2.45) is 5.41 Å². The number of anilines is 2. The van der Waals surface area contributed by atoms with Crippen LogP contribution in [0.25, 0.3) is 11.1 Å². The minimum Gasteiger partial charge on any atom is -0.380 e. The lowest BCUT2D eigenvalue weighted by Crippen LogP contribution is -2.66. The molecule has 1 N–H and O–H groups in total. The number of nitrogens with one attached hydrogen (secondary N) is 1. The third-order valence-corrected chi connectivity index (χ3v) is 5.89. The van der Waals surface area contributed by atoms with E-state index in [4.69, 9.17) is 4.74 Å². The van der Waals surface area contributed by atoms with Crippen molar-refractivity contribution in [2.75, 3.05) is 36.5 Å².